The van der Waals surface area contributed by atoms with Crippen LogP contribution in [0.3, 0.4) is 0 Å². The van der Waals surface area contributed by atoms with Gasteiger partial charge in [0.15, 0.2) is 0 Å². The summed E-state index contributed by atoms with van der Waals surface area (Å²) in [5.41, 5.74) is 3.26. The van der Waals surface area contributed by atoms with Crippen LogP contribution in [-0.4, -0.2) is 38.8 Å². The van der Waals surface area contributed by atoms with Crippen molar-refractivity contribution >= 4 is 11.8 Å². The minimum atomic E-state index is -0.686. The first-order valence-corrected chi connectivity index (χ1v) is 13.5. The standard InChI is InChI=1S/C30H36N4O2/c35-29(32-24-12-6-2-7-13-24)28(23-18-20-31-21-19-23)34(25-14-8-3-9-15-25)30(36)27-17-16-26(33-27)22-10-4-1-5-11-22/h1,4-5,10-11,16-21,24-25,28,33H,2-3,6-9,12-15H2,(H,32,35)/t28-/m0/s1. The third kappa shape index (κ3) is 5.53. The van der Waals surface area contributed by atoms with Crippen molar-refractivity contribution in [2.24, 2.45) is 0 Å². The summed E-state index contributed by atoms with van der Waals surface area (Å²) in [7, 11) is 0. The van der Waals surface area contributed by atoms with Crippen molar-refractivity contribution in [1.29, 1.82) is 0 Å². The molecule has 188 valence electrons. The molecule has 2 aromatic heterocycles. The number of pyridine rings is 1. The molecule has 0 radical (unpaired) electrons. The van der Waals surface area contributed by atoms with Crippen LogP contribution in [0.5, 0.6) is 0 Å². The number of nitrogens with one attached hydrogen (secondary N) is 2. The van der Waals surface area contributed by atoms with E-state index in [9.17, 15) is 9.59 Å². The molecule has 2 N–H and O–H groups in total. The normalized spacial score (nSPS) is 17.9. The molecule has 1 aromatic carbocycles. The predicted molar refractivity (Wildman–Crippen MR) is 141 cm³/mol. The van der Waals surface area contributed by atoms with E-state index < -0.39 is 6.04 Å². The fraction of sp³-hybridized carbons (Fsp3) is 0.433. The lowest BCUT2D eigenvalue weighted by atomic mass is 9.90. The van der Waals surface area contributed by atoms with Crippen molar-refractivity contribution in [2.45, 2.75) is 82.3 Å². The molecule has 2 amide bonds. The third-order valence-corrected chi connectivity index (χ3v) is 7.70. The molecule has 2 fully saturated rings. The maximum atomic E-state index is 14.2. The van der Waals surface area contributed by atoms with Gasteiger partial charge in [0, 0.05) is 30.2 Å². The topological polar surface area (TPSA) is 78.1 Å². The fourth-order valence-electron chi connectivity index (χ4n) is 5.81. The van der Waals surface area contributed by atoms with Crippen molar-refractivity contribution in [1.82, 2.24) is 20.2 Å². The summed E-state index contributed by atoms with van der Waals surface area (Å²) >= 11 is 0. The van der Waals surface area contributed by atoms with E-state index in [-0.39, 0.29) is 23.9 Å². The van der Waals surface area contributed by atoms with Gasteiger partial charge in [-0.25, -0.2) is 0 Å². The Morgan fingerprint density at radius 2 is 1.50 bits per heavy atom. The van der Waals surface area contributed by atoms with E-state index in [0.29, 0.717) is 5.69 Å². The molecule has 0 spiro atoms. The summed E-state index contributed by atoms with van der Waals surface area (Å²) in [6.45, 7) is 0. The summed E-state index contributed by atoms with van der Waals surface area (Å²) < 4.78 is 0. The molecular weight excluding hydrogens is 448 g/mol. The van der Waals surface area contributed by atoms with Crippen molar-refractivity contribution < 1.29 is 9.59 Å². The third-order valence-electron chi connectivity index (χ3n) is 7.70. The van der Waals surface area contributed by atoms with E-state index in [1.807, 2.05) is 59.5 Å². The molecule has 6 heteroatoms. The van der Waals surface area contributed by atoms with Gasteiger partial charge < -0.3 is 15.2 Å². The number of carbonyl (C=O) groups excluding carboxylic acids is 2. The van der Waals surface area contributed by atoms with Gasteiger partial charge >= 0.3 is 0 Å². The van der Waals surface area contributed by atoms with Gasteiger partial charge in [-0.3, -0.25) is 14.6 Å². The Hall–Kier alpha value is -3.41. The van der Waals surface area contributed by atoms with Gasteiger partial charge in [0.05, 0.1) is 0 Å². The highest BCUT2D eigenvalue weighted by Gasteiger charge is 2.38. The molecule has 2 heterocycles. The molecule has 3 aromatic rings. The molecule has 6 nitrogen and oxygen atoms in total. The van der Waals surface area contributed by atoms with Gasteiger partial charge in [0.1, 0.15) is 11.7 Å². The van der Waals surface area contributed by atoms with Crippen molar-refractivity contribution in [3.05, 3.63) is 78.2 Å². The summed E-state index contributed by atoms with van der Waals surface area (Å²) in [6, 6.07) is 17.1. The Kier molecular flexibility index (Phi) is 7.79. The van der Waals surface area contributed by atoms with Crippen molar-refractivity contribution in [2.75, 3.05) is 0 Å². The Morgan fingerprint density at radius 1 is 0.833 bits per heavy atom. The predicted octanol–water partition coefficient (Wildman–Crippen LogP) is 6.04. The molecular formula is C30H36N4O2. The number of carbonyl (C=O) groups is 2. The minimum absolute atomic E-state index is 0.0185. The second-order valence-electron chi connectivity index (χ2n) is 10.2. The van der Waals surface area contributed by atoms with Crippen LogP contribution in [0.25, 0.3) is 11.3 Å². The monoisotopic (exact) mass is 484 g/mol. The SMILES string of the molecule is O=C(NC1CCCCC1)[C@H](c1ccncc1)N(C(=O)c1ccc(-c2ccccc2)[nH]1)C1CCCCC1. The van der Waals surface area contributed by atoms with Gasteiger partial charge in [-0.15, -0.1) is 0 Å². The Bertz CT molecular complexity index is 1130. The molecule has 5 rings (SSSR count). The molecule has 0 unspecified atom stereocenters. The van der Waals surface area contributed by atoms with Crippen LogP contribution in [-0.2, 0) is 4.79 Å². The van der Waals surface area contributed by atoms with Crippen molar-refractivity contribution in [3.63, 3.8) is 0 Å². The number of amides is 2. The highest BCUT2D eigenvalue weighted by molar-refractivity contribution is 5.97. The van der Waals surface area contributed by atoms with Crippen LogP contribution in [0.2, 0.25) is 0 Å². The van der Waals surface area contributed by atoms with Gasteiger partial charge in [0.25, 0.3) is 5.91 Å². The first kappa shape index (κ1) is 24.3. The number of hydrogen-bond donors (Lipinski definition) is 2. The Morgan fingerprint density at radius 3 is 2.19 bits per heavy atom. The summed E-state index contributed by atoms with van der Waals surface area (Å²) in [5.74, 6) is -0.202. The van der Waals surface area contributed by atoms with Crippen LogP contribution in [0.4, 0.5) is 0 Å². The van der Waals surface area contributed by atoms with Crippen molar-refractivity contribution in [3.8, 4) is 11.3 Å². The van der Waals surface area contributed by atoms with Crippen LogP contribution in [0, 0.1) is 0 Å². The molecule has 36 heavy (non-hydrogen) atoms. The van der Waals surface area contributed by atoms with Gasteiger partial charge in [-0.1, -0.05) is 68.9 Å². The maximum absolute atomic E-state index is 14.2. The Labute approximate surface area is 213 Å². The van der Waals surface area contributed by atoms with E-state index in [2.05, 4.69) is 15.3 Å². The van der Waals surface area contributed by atoms with E-state index in [1.54, 1.807) is 12.4 Å². The lowest BCUT2D eigenvalue weighted by Crippen LogP contribution is -2.51. The van der Waals surface area contributed by atoms with Crippen LogP contribution < -0.4 is 5.32 Å². The number of aromatic nitrogens is 2. The van der Waals surface area contributed by atoms with E-state index in [1.165, 1.54) is 12.8 Å². The van der Waals surface area contributed by atoms with Gasteiger partial charge in [-0.05, 0) is 61.1 Å². The zero-order valence-corrected chi connectivity index (χ0v) is 20.9. The average Bonchev–Trinajstić information content (AvgIpc) is 3.44. The second kappa shape index (κ2) is 11.5. The number of H-pyrrole nitrogens is 1. The largest absolute Gasteiger partial charge is 0.351 e. The van der Waals surface area contributed by atoms with Crippen LogP contribution >= 0.6 is 0 Å². The van der Waals surface area contributed by atoms with E-state index in [0.717, 1.165) is 68.2 Å². The maximum Gasteiger partial charge on any atom is 0.271 e. The lowest BCUT2D eigenvalue weighted by Gasteiger charge is -2.40. The second-order valence-corrected chi connectivity index (χ2v) is 10.2. The average molecular weight is 485 g/mol. The highest BCUT2D eigenvalue weighted by Crippen LogP contribution is 2.33. The fourth-order valence-corrected chi connectivity index (χ4v) is 5.81. The molecule has 2 aliphatic rings. The quantitative estimate of drug-likeness (QED) is 0.429. The molecule has 0 bridgehead atoms. The zero-order valence-electron chi connectivity index (χ0n) is 20.9. The first-order chi connectivity index (χ1) is 17.7. The first-order valence-electron chi connectivity index (χ1n) is 13.5. The van der Waals surface area contributed by atoms with Gasteiger partial charge in [0.2, 0.25) is 5.91 Å². The number of aromatic amines is 1. The van der Waals surface area contributed by atoms with Crippen LogP contribution in [0.15, 0.2) is 67.0 Å². The summed E-state index contributed by atoms with van der Waals surface area (Å²) in [4.78, 5) is 37.5. The zero-order chi connectivity index (χ0) is 24.7. The lowest BCUT2D eigenvalue weighted by molar-refractivity contribution is -0.127. The number of hydrogen-bond acceptors (Lipinski definition) is 3. The number of nitrogens with zero attached hydrogens (tertiary/aromatic N) is 2. The van der Waals surface area contributed by atoms with E-state index in [4.69, 9.17) is 0 Å². The molecule has 0 saturated heterocycles. The van der Waals surface area contributed by atoms with Crippen LogP contribution in [0.1, 0.15) is 86.3 Å². The summed E-state index contributed by atoms with van der Waals surface area (Å²) in [5, 5.41) is 3.31. The number of benzene rings is 1. The molecule has 2 saturated carbocycles. The van der Waals surface area contributed by atoms with Gasteiger partial charge in [-0.2, -0.15) is 0 Å². The number of rotatable bonds is 7. The van der Waals surface area contributed by atoms with E-state index >= 15 is 0 Å². The molecule has 1 atom stereocenters. The molecule has 2 aliphatic carbocycles. The smallest absolute Gasteiger partial charge is 0.271 e. The minimum Gasteiger partial charge on any atom is -0.351 e. The Balaban J connectivity index is 1.50. The summed E-state index contributed by atoms with van der Waals surface area (Å²) in [6.07, 6.45) is 14.1. The highest BCUT2D eigenvalue weighted by atomic mass is 16.2. The molecule has 0 aliphatic heterocycles.